The summed E-state index contributed by atoms with van der Waals surface area (Å²) in [5, 5.41) is 10.8. The number of nitrogens with zero attached hydrogens (tertiary/aromatic N) is 2. The molecule has 0 fully saturated rings. The Morgan fingerprint density at radius 1 is 0.750 bits per heavy atom. The molecule has 1 rings (SSSR count). The van der Waals surface area contributed by atoms with Gasteiger partial charge in [0.25, 0.3) is 0 Å². The number of carbonyl (C=O) groups is 7. The number of esters is 1. The summed E-state index contributed by atoms with van der Waals surface area (Å²) in [6.07, 6.45) is 4.53. The minimum absolute atomic E-state index is 0.00243. The fourth-order valence-corrected chi connectivity index (χ4v) is 5.17. The molecule has 0 unspecified atom stereocenters. The summed E-state index contributed by atoms with van der Waals surface area (Å²) >= 11 is 0. The van der Waals surface area contributed by atoms with Crippen LogP contribution in [0.1, 0.15) is 66.4 Å². The SMILES string of the molecule is C=CCCN(CC(=O)N[C@@H](CC(C)C)C(=O)N[C@H](C(=O)N[C@@H](C)C(=O)N[C@@H](Cc1ccccc1)C(=O)N(CCC=C)CC(=O)OC)C(C)C)C(C)=O. The second-order valence-electron chi connectivity index (χ2n) is 13.4. The number of rotatable bonds is 23. The standard InChI is InChI=1S/C38H58N6O8/c1-10-12-19-43(28(8)45)23-32(46)40-30(21-25(3)4)36(49)42-34(26(5)6)37(50)39-27(7)35(48)41-31(22-29-17-15-14-16-18-29)38(51)44(20-13-11-2)24-33(47)52-9/h10-11,14-18,25-27,30-31,34H,1-2,12-13,19-24H2,3-9H3,(H,39,50)(H,40,46)(H,41,48)(H,42,49)/t27-,30-,31-,34-/m0/s1. The Kier molecular flexibility index (Phi) is 20.3. The molecular weight excluding hydrogens is 668 g/mol. The average Bonchev–Trinajstić information content (AvgIpc) is 3.09. The van der Waals surface area contributed by atoms with Gasteiger partial charge in [0.05, 0.1) is 13.7 Å². The Bertz CT molecular complexity index is 1380. The molecule has 0 bridgehead atoms. The van der Waals surface area contributed by atoms with Crippen LogP contribution in [0.15, 0.2) is 55.6 Å². The van der Waals surface area contributed by atoms with E-state index in [1.54, 1.807) is 50.3 Å². The minimum Gasteiger partial charge on any atom is -0.468 e. The molecule has 0 aliphatic carbocycles. The molecule has 0 aliphatic heterocycles. The third kappa shape index (κ3) is 16.3. The number of amides is 6. The van der Waals surface area contributed by atoms with Crippen molar-refractivity contribution in [1.82, 2.24) is 31.1 Å². The summed E-state index contributed by atoms with van der Waals surface area (Å²) in [5.41, 5.74) is 0.760. The highest BCUT2D eigenvalue weighted by atomic mass is 16.5. The Hall–Kier alpha value is -5.01. The number of benzene rings is 1. The van der Waals surface area contributed by atoms with Crippen molar-refractivity contribution in [2.75, 3.05) is 33.3 Å². The first kappa shape index (κ1) is 45.0. The lowest BCUT2D eigenvalue weighted by Crippen LogP contribution is -2.59. The lowest BCUT2D eigenvalue weighted by molar-refractivity contribution is -0.148. The molecule has 1 aromatic carbocycles. The summed E-state index contributed by atoms with van der Waals surface area (Å²) in [5.74, 6) is -4.25. The van der Waals surface area contributed by atoms with Crippen LogP contribution in [0.2, 0.25) is 0 Å². The molecular formula is C38H58N6O8. The molecule has 1 aromatic rings. The fourth-order valence-electron chi connectivity index (χ4n) is 5.17. The van der Waals surface area contributed by atoms with Gasteiger partial charge in [0.2, 0.25) is 35.4 Å². The van der Waals surface area contributed by atoms with E-state index in [2.05, 4.69) is 34.4 Å². The predicted octanol–water partition coefficient (Wildman–Crippen LogP) is 1.89. The molecule has 0 saturated carbocycles. The molecule has 0 saturated heterocycles. The second kappa shape index (κ2) is 23.5. The van der Waals surface area contributed by atoms with E-state index >= 15 is 0 Å². The van der Waals surface area contributed by atoms with Crippen molar-refractivity contribution < 1.29 is 38.3 Å². The molecule has 0 aliphatic rings. The molecule has 4 N–H and O–H groups in total. The first-order chi connectivity index (χ1) is 24.5. The van der Waals surface area contributed by atoms with E-state index in [-0.39, 0.29) is 44.3 Å². The van der Waals surface area contributed by atoms with E-state index in [1.165, 1.54) is 30.8 Å². The smallest absolute Gasteiger partial charge is 0.325 e. The largest absolute Gasteiger partial charge is 0.468 e. The number of hydrogen-bond donors (Lipinski definition) is 4. The molecule has 0 spiro atoms. The first-order valence-corrected chi connectivity index (χ1v) is 17.6. The minimum atomic E-state index is -1.13. The highest BCUT2D eigenvalue weighted by molar-refractivity contribution is 5.96. The predicted molar refractivity (Wildman–Crippen MR) is 198 cm³/mol. The van der Waals surface area contributed by atoms with E-state index < -0.39 is 65.6 Å². The Morgan fingerprint density at radius 2 is 1.35 bits per heavy atom. The topological polar surface area (TPSA) is 183 Å². The van der Waals surface area contributed by atoms with Crippen LogP contribution in [-0.2, 0) is 44.7 Å². The van der Waals surface area contributed by atoms with Crippen molar-refractivity contribution >= 4 is 41.4 Å². The quantitative estimate of drug-likeness (QED) is 0.0974. The average molecular weight is 727 g/mol. The Labute approximate surface area is 308 Å². The summed E-state index contributed by atoms with van der Waals surface area (Å²) in [4.78, 5) is 94.0. The van der Waals surface area contributed by atoms with E-state index in [4.69, 9.17) is 4.74 Å². The zero-order chi connectivity index (χ0) is 39.4. The van der Waals surface area contributed by atoms with Gasteiger partial charge in [0.15, 0.2) is 0 Å². The van der Waals surface area contributed by atoms with E-state index in [0.29, 0.717) is 19.4 Å². The van der Waals surface area contributed by atoms with Crippen LogP contribution < -0.4 is 21.3 Å². The summed E-state index contributed by atoms with van der Waals surface area (Å²) in [6.45, 7) is 17.3. The highest BCUT2D eigenvalue weighted by Gasteiger charge is 2.33. The number of carbonyl (C=O) groups excluding carboxylic acids is 7. The zero-order valence-electron chi connectivity index (χ0n) is 31.7. The van der Waals surface area contributed by atoms with Gasteiger partial charge in [-0.15, -0.1) is 13.2 Å². The van der Waals surface area contributed by atoms with E-state index in [0.717, 1.165) is 5.56 Å². The lowest BCUT2D eigenvalue weighted by Gasteiger charge is -2.29. The second-order valence-corrected chi connectivity index (χ2v) is 13.4. The van der Waals surface area contributed by atoms with Gasteiger partial charge in [0.1, 0.15) is 30.7 Å². The van der Waals surface area contributed by atoms with Crippen LogP contribution in [0.5, 0.6) is 0 Å². The maximum Gasteiger partial charge on any atom is 0.325 e. The monoisotopic (exact) mass is 726 g/mol. The van der Waals surface area contributed by atoms with Crippen molar-refractivity contribution in [3.8, 4) is 0 Å². The molecule has 0 heterocycles. The van der Waals surface area contributed by atoms with Gasteiger partial charge in [-0.3, -0.25) is 33.6 Å². The van der Waals surface area contributed by atoms with Crippen molar-refractivity contribution in [3.05, 3.63) is 61.2 Å². The van der Waals surface area contributed by atoms with Crippen LogP contribution in [0, 0.1) is 11.8 Å². The van der Waals surface area contributed by atoms with Gasteiger partial charge in [-0.1, -0.05) is 70.2 Å². The van der Waals surface area contributed by atoms with E-state index in [1.807, 2.05) is 19.9 Å². The van der Waals surface area contributed by atoms with Gasteiger partial charge < -0.3 is 35.8 Å². The van der Waals surface area contributed by atoms with Crippen molar-refractivity contribution in [2.45, 2.75) is 91.4 Å². The number of ether oxygens (including phenoxy) is 1. The molecule has 52 heavy (non-hydrogen) atoms. The highest BCUT2D eigenvalue weighted by Crippen LogP contribution is 2.11. The molecule has 288 valence electrons. The van der Waals surface area contributed by atoms with Crippen LogP contribution in [0.4, 0.5) is 0 Å². The third-order valence-corrected chi connectivity index (χ3v) is 8.10. The molecule has 6 amide bonds. The maximum atomic E-state index is 13.7. The fraction of sp³-hybridized carbons (Fsp3) is 0.553. The summed E-state index contributed by atoms with van der Waals surface area (Å²) in [7, 11) is 1.22. The zero-order valence-corrected chi connectivity index (χ0v) is 31.7. The molecule has 14 nitrogen and oxygen atoms in total. The van der Waals surface area contributed by atoms with Gasteiger partial charge >= 0.3 is 5.97 Å². The van der Waals surface area contributed by atoms with Crippen LogP contribution >= 0.6 is 0 Å². The summed E-state index contributed by atoms with van der Waals surface area (Å²) in [6, 6.07) is 4.75. The lowest BCUT2D eigenvalue weighted by atomic mass is 9.99. The number of methoxy groups -OCH3 is 1. The number of nitrogens with one attached hydrogen (secondary N) is 4. The maximum absolute atomic E-state index is 13.7. The summed E-state index contributed by atoms with van der Waals surface area (Å²) < 4.78 is 4.77. The third-order valence-electron chi connectivity index (χ3n) is 8.10. The van der Waals surface area contributed by atoms with Crippen LogP contribution in [0.25, 0.3) is 0 Å². The van der Waals surface area contributed by atoms with Crippen molar-refractivity contribution in [1.29, 1.82) is 0 Å². The van der Waals surface area contributed by atoms with E-state index in [9.17, 15) is 33.6 Å². The van der Waals surface area contributed by atoms with Gasteiger partial charge in [-0.05, 0) is 43.6 Å². The normalized spacial score (nSPS) is 13.1. The number of hydrogen-bond acceptors (Lipinski definition) is 8. The molecule has 4 atom stereocenters. The first-order valence-electron chi connectivity index (χ1n) is 17.6. The Morgan fingerprint density at radius 3 is 1.87 bits per heavy atom. The molecule has 14 heteroatoms. The van der Waals surface area contributed by atoms with Crippen molar-refractivity contribution in [2.24, 2.45) is 11.8 Å². The van der Waals surface area contributed by atoms with Gasteiger partial charge in [-0.25, -0.2) is 0 Å². The Balaban J connectivity index is 3.14. The molecule has 0 radical (unpaired) electrons. The van der Waals surface area contributed by atoms with Crippen LogP contribution in [-0.4, -0.2) is 109 Å². The van der Waals surface area contributed by atoms with Crippen LogP contribution in [0.3, 0.4) is 0 Å². The van der Waals surface area contributed by atoms with Gasteiger partial charge in [0, 0.05) is 26.4 Å². The molecule has 0 aromatic heterocycles. The van der Waals surface area contributed by atoms with Gasteiger partial charge in [-0.2, -0.15) is 0 Å². The van der Waals surface area contributed by atoms with Crippen molar-refractivity contribution in [3.63, 3.8) is 0 Å².